The standard InChI is InChI=1S/C25H28N6O2/c1-23(2,3)31-22(27)17(11-26)21(29-31)16-7-5-15(6-8-16)9-19(32)28-20-10-18(30-33-20)25-12-24(4,13-25)14-25/h5-8,10H,9,12-14,27H2,1-4H3,(H,28,32). The van der Waals surface area contributed by atoms with Crippen LogP contribution in [0.4, 0.5) is 11.7 Å². The molecule has 2 heterocycles. The van der Waals surface area contributed by atoms with Gasteiger partial charge >= 0.3 is 0 Å². The van der Waals surface area contributed by atoms with Crippen LogP contribution < -0.4 is 11.1 Å². The van der Waals surface area contributed by atoms with E-state index in [1.54, 1.807) is 4.68 Å². The highest BCUT2D eigenvalue weighted by atomic mass is 16.5. The largest absolute Gasteiger partial charge is 0.383 e. The molecule has 3 aromatic rings. The topological polar surface area (TPSA) is 123 Å². The molecule has 6 rings (SSSR count). The highest BCUT2D eigenvalue weighted by molar-refractivity contribution is 5.91. The number of nitriles is 1. The van der Waals surface area contributed by atoms with Crippen LogP contribution >= 0.6 is 0 Å². The van der Waals surface area contributed by atoms with Gasteiger partial charge in [-0.3, -0.25) is 10.1 Å². The minimum absolute atomic E-state index is 0.169. The Labute approximate surface area is 192 Å². The molecule has 3 aliphatic carbocycles. The summed E-state index contributed by atoms with van der Waals surface area (Å²) in [6.07, 6.45) is 3.65. The fourth-order valence-corrected chi connectivity index (χ4v) is 5.55. The first-order valence-electron chi connectivity index (χ1n) is 11.2. The van der Waals surface area contributed by atoms with Crippen LogP contribution in [0.25, 0.3) is 11.3 Å². The van der Waals surface area contributed by atoms with Gasteiger partial charge in [0.15, 0.2) is 0 Å². The van der Waals surface area contributed by atoms with E-state index in [4.69, 9.17) is 10.3 Å². The molecule has 0 atom stereocenters. The number of anilines is 2. The normalized spacial score (nSPS) is 23.4. The molecule has 8 nitrogen and oxygen atoms in total. The predicted octanol–water partition coefficient (Wildman–Crippen LogP) is 4.37. The van der Waals surface area contributed by atoms with Crippen molar-refractivity contribution in [1.29, 1.82) is 5.26 Å². The van der Waals surface area contributed by atoms with Crippen LogP contribution in [0.1, 0.15) is 63.8 Å². The molecule has 0 spiro atoms. The summed E-state index contributed by atoms with van der Waals surface area (Å²) in [5, 5.41) is 21.2. The third-order valence-corrected chi connectivity index (χ3v) is 6.87. The Kier molecular flexibility index (Phi) is 4.47. The fourth-order valence-electron chi connectivity index (χ4n) is 5.55. The Balaban J connectivity index is 1.26. The summed E-state index contributed by atoms with van der Waals surface area (Å²) < 4.78 is 7.03. The molecule has 0 saturated heterocycles. The predicted molar refractivity (Wildman–Crippen MR) is 124 cm³/mol. The molecule has 170 valence electrons. The lowest BCUT2D eigenvalue weighted by molar-refractivity contribution is -0.129. The number of aromatic nitrogens is 3. The first-order valence-corrected chi connectivity index (χ1v) is 11.2. The lowest BCUT2D eigenvalue weighted by atomic mass is 9.35. The number of hydrogen-bond donors (Lipinski definition) is 2. The molecule has 1 aromatic carbocycles. The Morgan fingerprint density at radius 1 is 1.27 bits per heavy atom. The monoisotopic (exact) mass is 444 g/mol. The Morgan fingerprint density at radius 2 is 1.94 bits per heavy atom. The zero-order chi connectivity index (χ0) is 23.6. The first kappa shape index (κ1) is 21.3. The van der Waals surface area contributed by atoms with Crippen LogP contribution in [-0.2, 0) is 22.2 Å². The van der Waals surface area contributed by atoms with Gasteiger partial charge in [-0.15, -0.1) is 0 Å². The molecule has 33 heavy (non-hydrogen) atoms. The van der Waals surface area contributed by atoms with Gasteiger partial charge in [0.05, 0.1) is 17.7 Å². The molecule has 0 aliphatic heterocycles. The van der Waals surface area contributed by atoms with Gasteiger partial charge < -0.3 is 10.3 Å². The van der Waals surface area contributed by atoms with E-state index in [1.165, 1.54) is 0 Å². The number of carbonyl (C=O) groups excluding carboxylic acids is 1. The highest BCUT2D eigenvalue weighted by Gasteiger charge is 2.66. The summed E-state index contributed by atoms with van der Waals surface area (Å²) in [6, 6.07) is 11.5. The van der Waals surface area contributed by atoms with E-state index in [0.717, 1.165) is 36.1 Å². The van der Waals surface area contributed by atoms with Crippen molar-refractivity contribution in [2.75, 3.05) is 11.1 Å². The number of rotatable bonds is 5. The zero-order valence-electron chi connectivity index (χ0n) is 19.4. The maximum absolute atomic E-state index is 12.5. The number of carbonyl (C=O) groups is 1. The molecular formula is C25H28N6O2. The zero-order valence-corrected chi connectivity index (χ0v) is 19.4. The maximum atomic E-state index is 12.5. The van der Waals surface area contributed by atoms with E-state index in [9.17, 15) is 10.1 Å². The molecule has 2 aromatic heterocycles. The van der Waals surface area contributed by atoms with Crippen LogP contribution in [0, 0.1) is 16.7 Å². The lowest BCUT2D eigenvalue weighted by Crippen LogP contribution is -2.62. The van der Waals surface area contributed by atoms with Gasteiger partial charge in [0.1, 0.15) is 23.1 Å². The highest BCUT2D eigenvalue weighted by Crippen LogP contribution is 2.73. The van der Waals surface area contributed by atoms with Crippen molar-refractivity contribution < 1.29 is 9.32 Å². The second-order valence-electron chi connectivity index (χ2n) is 10.9. The molecule has 3 aliphatic rings. The molecule has 3 N–H and O–H groups in total. The van der Waals surface area contributed by atoms with Crippen molar-refractivity contribution in [2.45, 2.75) is 64.3 Å². The number of nitrogen functional groups attached to an aromatic ring is 1. The number of benzene rings is 1. The van der Waals surface area contributed by atoms with Gasteiger partial charge in [-0.25, -0.2) is 4.68 Å². The van der Waals surface area contributed by atoms with Crippen molar-refractivity contribution in [3.63, 3.8) is 0 Å². The van der Waals surface area contributed by atoms with E-state index in [1.807, 2.05) is 51.1 Å². The van der Waals surface area contributed by atoms with Gasteiger partial charge in [-0.05, 0) is 51.0 Å². The Hall–Kier alpha value is -3.60. The maximum Gasteiger partial charge on any atom is 0.231 e. The summed E-state index contributed by atoms with van der Waals surface area (Å²) >= 11 is 0. The van der Waals surface area contributed by atoms with Gasteiger partial charge in [0.25, 0.3) is 0 Å². The summed E-state index contributed by atoms with van der Waals surface area (Å²) in [5.74, 6) is 0.570. The van der Waals surface area contributed by atoms with Crippen molar-refractivity contribution in [1.82, 2.24) is 14.9 Å². The average Bonchev–Trinajstić information content (AvgIpc) is 3.29. The Morgan fingerprint density at radius 3 is 2.52 bits per heavy atom. The lowest BCUT2D eigenvalue weighted by Gasteiger charge is -2.68. The second-order valence-corrected chi connectivity index (χ2v) is 10.9. The van der Waals surface area contributed by atoms with Crippen molar-refractivity contribution in [2.24, 2.45) is 5.41 Å². The van der Waals surface area contributed by atoms with E-state index in [-0.39, 0.29) is 23.3 Å². The van der Waals surface area contributed by atoms with E-state index in [2.05, 4.69) is 28.6 Å². The average molecular weight is 445 g/mol. The quantitative estimate of drug-likeness (QED) is 0.602. The minimum atomic E-state index is -0.344. The van der Waals surface area contributed by atoms with Gasteiger partial charge in [0.2, 0.25) is 11.8 Å². The smallest absolute Gasteiger partial charge is 0.231 e. The molecule has 8 heteroatoms. The number of amides is 1. The van der Waals surface area contributed by atoms with Crippen molar-refractivity contribution >= 4 is 17.6 Å². The third-order valence-electron chi connectivity index (χ3n) is 6.87. The minimum Gasteiger partial charge on any atom is -0.383 e. The van der Waals surface area contributed by atoms with Gasteiger partial charge in [-0.2, -0.15) is 10.4 Å². The SMILES string of the molecule is CC12CC(c3cc(NC(=O)Cc4ccc(-c5nn(C(C)(C)C)c(N)c5C#N)cc4)on3)(C1)C2. The van der Waals surface area contributed by atoms with Crippen LogP contribution in [0.15, 0.2) is 34.9 Å². The first-order chi connectivity index (χ1) is 15.5. The van der Waals surface area contributed by atoms with Crippen LogP contribution in [-0.4, -0.2) is 20.8 Å². The summed E-state index contributed by atoms with van der Waals surface area (Å²) in [6.45, 7) is 8.25. The van der Waals surface area contributed by atoms with E-state index in [0.29, 0.717) is 28.4 Å². The van der Waals surface area contributed by atoms with Gasteiger partial charge in [0, 0.05) is 17.0 Å². The second kappa shape index (κ2) is 6.95. The fraction of sp³-hybridized carbons (Fsp3) is 0.440. The van der Waals surface area contributed by atoms with Gasteiger partial charge in [-0.1, -0.05) is 36.3 Å². The van der Waals surface area contributed by atoms with Crippen LogP contribution in [0.3, 0.4) is 0 Å². The molecule has 1 amide bonds. The van der Waals surface area contributed by atoms with Crippen molar-refractivity contribution in [3.05, 3.63) is 47.2 Å². The summed E-state index contributed by atoms with van der Waals surface area (Å²) in [5.41, 5.74) is 9.94. The molecule has 3 saturated carbocycles. The molecule has 0 unspecified atom stereocenters. The number of nitrogens with one attached hydrogen (secondary N) is 1. The van der Waals surface area contributed by atoms with E-state index >= 15 is 0 Å². The summed E-state index contributed by atoms with van der Waals surface area (Å²) in [4.78, 5) is 12.5. The van der Waals surface area contributed by atoms with Crippen molar-refractivity contribution in [3.8, 4) is 17.3 Å². The van der Waals surface area contributed by atoms with Crippen LogP contribution in [0.5, 0.6) is 0 Å². The van der Waals surface area contributed by atoms with Crippen LogP contribution in [0.2, 0.25) is 0 Å². The number of nitrogens with zero attached hydrogens (tertiary/aromatic N) is 4. The number of hydrogen-bond acceptors (Lipinski definition) is 6. The molecule has 2 bridgehead atoms. The molecule has 0 radical (unpaired) electrons. The summed E-state index contributed by atoms with van der Waals surface area (Å²) in [7, 11) is 0. The molecule has 3 fully saturated rings. The number of nitrogens with two attached hydrogens (primary N) is 1. The molecular weight excluding hydrogens is 416 g/mol. The Bertz CT molecular complexity index is 1270. The van der Waals surface area contributed by atoms with E-state index < -0.39 is 0 Å². The third kappa shape index (κ3) is 3.48.